The Hall–Kier alpha value is -2.14. The van der Waals surface area contributed by atoms with Gasteiger partial charge in [0, 0.05) is 11.3 Å². The molecule has 1 aliphatic rings. The van der Waals surface area contributed by atoms with Crippen LogP contribution in [0.4, 0.5) is 0 Å². The summed E-state index contributed by atoms with van der Waals surface area (Å²) in [4.78, 5) is 36.6. The van der Waals surface area contributed by atoms with Gasteiger partial charge in [-0.05, 0) is 17.7 Å². The quantitative estimate of drug-likeness (QED) is 0.252. The zero-order valence-corrected chi connectivity index (χ0v) is 15.6. The molecule has 150 valence electrons. The van der Waals surface area contributed by atoms with Crippen molar-refractivity contribution < 1.29 is 34.8 Å². The third kappa shape index (κ3) is 5.02. The smallest absolute Gasteiger partial charge is 0.239 e. The highest BCUT2D eigenvalue weighted by atomic mass is 32.2. The Balaban J connectivity index is 2.27. The summed E-state index contributed by atoms with van der Waals surface area (Å²) in [5.74, 6) is -2.19. The number of thioether (sulfide) groups is 1. The zero-order chi connectivity index (χ0) is 20.8. The Morgan fingerprint density at radius 2 is 1.68 bits per heavy atom. The number of rotatable bonds is 9. The van der Waals surface area contributed by atoms with E-state index in [4.69, 9.17) is 10.8 Å². The van der Waals surface area contributed by atoms with Gasteiger partial charge in [0.15, 0.2) is 5.78 Å². The number of benzene rings is 1. The molecule has 1 aromatic rings. The molecule has 0 amide bonds. The molecule has 8 nitrogen and oxygen atoms in total. The van der Waals surface area contributed by atoms with Crippen LogP contribution in [-0.4, -0.2) is 68.7 Å². The van der Waals surface area contributed by atoms with E-state index in [1.54, 1.807) is 0 Å². The van der Waals surface area contributed by atoms with Crippen molar-refractivity contribution in [2.24, 2.45) is 5.73 Å². The predicted octanol–water partition coefficient (Wildman–Crippen LogP) is -1.15. The van der Waals surface area contributed by atoms with Crippen molar-refractivity contribution in [2.45, 2.75) is 30.1 Å². The number of allylic oxidation sites excluding steroid dienone is 3. The van der Waals surface area contributed by atoms with Crippen molar-refractivity contribution in [2.75, 3.05) is 6.61 Å². The van der Waals surface area contributed by atoms with Gasteiger partial charge in [-0.15, -0.1) is 11.8 Å². The van der Waals surface area contributed by atoms with Gasteiger partial charge < -0.3 is 26.2 Å². The molecular formula is C19H21NO7S. The summed E-state index contributed by atoms with van der Waals surface area (Å²) in [6.07, 6.45) is -3.35. The molecule has 0 saturated carbocycles. The van der Waals surface area contributed by atoms with Gasteiger partial charge in [0.1, 0.15) is 18.3 Å². The summed E-state index contributed by atoms with van der Waals surface area (Å²) >= 11 is 0.995. The highest BCUT2D eigenvalue weighted by Crippen LogP contribution is 2.30. The monoisotopic (exact) mass is 407 g/mol. The number of carbonyl (C=O) groups is 3. The normalized spacial score (nSPS) is 18.8. The molecule has 0 fully saturated rings. The Morgan fingerprint density at radius 3 is 2.29 bits per heavy atom. The fourth-order valence-corrected chi connectivity index (χ4v) is 3.55. The van der Waals surface area contributed by atoms with Crippen LogP contribution in [0.15, 0.2) is 53.0 Å². The largest absolute Gasteiger partial charge is 0.394 e. The van der Waals surface area contributed by atoms with Gasteiger partial charge in [-0.2, -0.15) is 0 Å². The van der Waals surface area contributed by atoms with E-state index in [0.717, 1.165) is 29.5 Å². The topological polar surface area (TPSA) is 158 Å². The number of carbonyl (C=O) groups excluding carboxylic acids is 3. The zero-order valence-electron chi connectivity index (χ0n) is 14.8. The number of aliphatic hydroxyl groups excluding tert-OH is 4. The van der Waals surface area contributed by atoms with E-state index >= 15 is 0 Å². The summed E-state index contributed by atoms with van der Waals surface area (Å²) in [6.45, 7) is -0.840. The van der Waals surface area contributed by atoms with Gasteiger partial charge in [0.25, 0.3) is 0 Å². The first-order valence-corrected chi connectivity index (χ1v) is 9.39. The first-order valence-electron chi connectivity index (χ1n) is 8.40. The molecule has 0 bridgehead atoms. The fourth-order valence-electron chi connectivity index (χ4n) is 2.49. The number of hydrogen-bond donors (Lipinski definition) is 5. The van der Waals surface area contributed by atoms with Gasteiger partial charge in [0.05, 0.1) is 17.6 Å². The number of nitrogens with two attached hydrogens (primary N) is 1. The van der Waals surface area contributed by atoms with Crippen LogP contribution in [0.2, 0.25) is 0 Å². The Labute approximate surface area is 165 Å². The minimum atomic E-state index is -1.89. The van der Waals surface area contributed by atoms with Gasteiger partial charge in [-0.1, -0.05) is 30.3 Å². The molecule has 0 radical (unpaired) electrons. The molecule has 0 unspecified atom stereocenters. The molecule has 0 spiro atoms. The van der Waals surface area contributed by atoms with Crippen LogP contribution in [0.5, 0.6) is 0 Å². The van der Waals surface area contributed by atoms with Gasteiger partial charge in [-0.25, -0.2) is 0 Å². The van der Waals surface area contributed by atoms with Crippen LogP contribution in [0.25, 0.3) is 0 Å². The highest BCUT2D eigenvalue weighted by Gasteiger charge is 2.36. The van der Waals surface area contributed by atoms with Gasteiger partial charge in [0.2, 0.25) is 11.6 Å². The van der Waals surface area contributed by atoms with E-state index in [1.165, 1.54) is 0 Å². The Kier molecular flexibility index (Phi) is 7.81. The first kappa shape index (κ1) is 22.2. The lowest BCUT2D eigenvalue weighted by molar-refractivity contribution is -0.131. The maximum absolute atomic E-state index is 12.7. The van der Waals surface area contributed by atoms with E-state index in [0.29, 0.717) is 5.75 Å². The van der Waals surface area contributed by atoms with Crippen LogP contribution in [0.3, 0.4) is 0 Å². The summed E-state index contributed by atoms with van der Waals surface area (Å²) in [5.41, 5.74) is 6.43. The lowest BCUT2D eigenvalue weighted by Crippen LogP contribution is -2.53. The van der Waals surface area contributed by atoms with Crippen molar-refractivity contribution in [3.05, 3.63) is 58.5 Å². The second kappa shape index (κ2) is 9.87. The maximum Gasteiger partial charge on any atom is 0.239 e. The average Bonchev–Trinajstić information content (AvgIpc) is 2.72. The molecule has 0 aliphatic heterocycles. The van der Waals surface area contributed by atoms with Crippen LogP contribution in [0, 0.1) is 0 Å². The number of Topliss-reactive ketones (excluding diaryl/α,β-unsaturated/α-hetero) is 2. The number of hydrogen-bond acceptors (Lipinski definition) is 9. The van der Waals surface area contributed by atoms with Crippen molar-refractivity contribution >= 4 is 29.1 Å². The lowest BCUT2D eigenvalue weighted by Gasteiger charge is -2.26. The van der Waals surface area contributed by atoms with Crippen LogP contribution >= 0.6 is 11.8 Å². The van der Waals surface area contributed by atoms with E-state index in [2.05, 4.69) is 0 Å². The first-order chi connectivity index (χ1) is 13.3. The summed E-state index contributed by atoms with van der Waals surface area (Å²) in [7, 11) is 0. The molecule has 28 heavy (non-hydrogen) atoms. The van der Waals surface area contributed by atoms with E-state index < -0.39 is 48.3 Å². The molecule has 4 atom stereocenters. The molecule has 0 saturated heterocycles. The van der Waals surface area contributed by atoms with E-state index in [9.17, 15) is 29.7 Å². The molecule has 9 heteroatoms. The van der Waals surface area contributed by atoms with Crippen molar-refractivity contribution in [3.63, 3.8) is 0 Å². The SMILES string of the molecule is N[C@@H](C(=O)C1=C(SCc2ccccc2)C(=O)C(=O)C=C1)[C@@H](O)[C@H](O)[C@H](O)CO. The predicted molar refractivity (Wildman–Crippen MR) is 102 cm³/mol. The molecule has 1 aromatic carbocycles. The summed E-state index contributed by atoms with van der Waals surface area (Å²) < 4.78 is 0. The average molecular weight is 407 g/mol. The van der Waals surface area contributed by atoms with E-state index in [-0.39, 0.29) is 10.5 Å². The molecule has 2 rings (SSSR count). The molecule has 0 aromatic heterocycles. The Morgan fingerprint density at radius 1 is 1.04 bits per heavy atom. The van der Waals surface area contributed by atoms with Crippen molar-refractivity contribution in [3.8, 4) is 0 Å². The fraction of sp³-hybridized carbons (Fsp3) is 0.316. The number of ketones is 3. The van der Waals surface area contributed by atoms with Crippen molar-refractivity contribution in [1.82, 2.24) is 0 Å². The third-order valence-electron chi connectivity index (χ3n) is 4.17. The minimum Gasteiger partial charge on any atom is -0.394 e. The van der Waals surface area contributed by atoms with E-state index in [1.807, 2.05) is 30.3 Å². The minimum absolute atomic E-state index is 0.0961. The van der Waals surface area contributed by atoms with Crippen molar-refractivity contribution in [1.29, 1.82) is 0 Å². The number of aliphatic hydroxyl groups is 4. The van der Waals surface area contributed by atoms with Crippen LogP contribution < -0.4 is 5.73 Å². The molecular weight excluding hydrogens is 386 g/mol. The lowest BCUT2D eigenvalue weighted by atomic mass is 9.92. The maximum atomic E-state index is 12.7. The summed E-state index contributed by atoms with van der Waals surface area (Å²) in [6, 6.07) is 7.41. The standard InChI is InChI=1S/C19H21NO7S/c20-14(18(27)16(25)13(23)8-21)15(24)11-6-7-12(22)17(26)19(11)28-9-10-4-2-1-3-5-10/h1-7,13-14,16,18,21,23,25,27H,8-9,20H2/t13-,14+,16-,18-/m1/s1. The molecule has 1 aliphatic carbocycles. The van der Waals surface area contributed by atoms with Gasteiger partial charge >= 0.3 is 0 Å². The van der Waals surface area contributed by atoms with Crippen LogP contribution in [0.1, 0.15) is 5.56 Å². The summed E-state index contributed by atoms with van der Waals surface area (Å²) in [5, 5.41) is 38.1. The third-order valence-corrected chi connectivity index (χ3v) is 5.34. The second-order valence-electron chi connectivity index (χ2n) is 6.16. The highest BCUT2D eigenvalue weighted by molar-refractivity contribution is 8.03. The van der Waals surface area contributed by atoms with Gasteiger partial charge in [-0.3, -0.25) is 14.4 Å². The second-order valence-corrected chi connectivity index (χ2v) is 7.15. The molecule has 6 N–H and O–H groups in total. The Bertz CT molecular complexity index is 806. The van der Waals surface area contributed by atoms with Crippen LogP contribution in [-0.2, 0) is 20.1 Å². The molecule has 0 heterocycles.